The number of benzene rings is 2. The standard InChI is InChI=1S/C31H44N4O6/c1-3-5-7-9-22-40-26-18-14-24(15-19-26)30(38)34-32-28(36)12-11-13-29(37)33-35-31(39)25-16-20-27(21-17-25)41-23-10-8-6-4-2/h14-21H,3-13,22-23H2,1-2H3,(H,32,36)(H,33,37)(H,34,38)(H,35,39). The van der Waals surface area contributed by atoms with Gasteiger partial charge >= 0.3 is 0 Å². The van der Waals surface area contributed by atoms with Crippen molar-refractivity contribution in [1.29, 1.82) is 0 Å². The Hall–Kier alpha value is -4.08. The molecule has 0 bridgehead atoms. The zero-order valence-electron chi connectivity index (χ0n) is 24.3. The predicted octanol–water partition coefficient (Wildman–Crippen LogP) is 5.00. The molecule has 10 nitrogen and oxygen atoms in total. The van der Waals surface area contributed by atoms with Gasteiger partial charge in [-0.2, -0.15) is 0 Å². The zero-order chi connectivity index (χ0) is 29.7. The number of carbonyl (C=O) groups excluding carboxylic acids is 4. The SMILES string of the molecule is CCCCCCOc1ccc(C(=O)NNC(=O)CCCC(=O)NNC(=O)c2ccc(OCCCCCC)cc2)cc1. The number of nitrogens with one attached hydrogen (secondary N) is 4. The number of amides is 4. The molecule has 4 amide bonds. The lowest BCUT2D eigenvalue weighted by Gasteiger charge is -2.10. The highest BCUT2D eigenvalue weighted by atomic mass is 16.5. The minimum absolute atomic E-state index is 0.0202. The molecule has 224 valence electrons. The van der Waals surface area contributed by atoms with Crippen LogP contribution in [-0.4, -0.2) is 36.8 Å². The molecule has 0 spiro atoms. The Morgan fingerprint density at radius 2 is 0.902 bits per heavy atom. The fraction of sp³-hybridized carbons (Fsp3) is 0.484. The maximum absolute atomic E-state index is 12.3. The van der Waals surface area contributed by atoms with Crippen LogP contribution < -0.4 is 31.2 Å². The highest BCUT2D eigenvalue weighted by Gasteiger charge is 2.11. The second kappa shape index (κ2) is 19.9. The number of carbonyl (C=O) groups is 4. The molecular weight excluding hydrogens is 524 g/mol. The van der Waals surface area contributed by atoms with Crippen LogP contribution in [0.25, 0.3) is 0 Å². The van der Waals surface area contributed by atoms with Crippen LogP contribution in [0.3, 0.4) is 0 Å². The van der Waals surface area contributed by atoms with Crippen molar-refractivity contribution in [2.45, 2.75) is 84.5 Å². The normalized spacial score (nSPS) is 10.4. The van der Waals surface area contributed by atoms with Gasteiger partial charge in [0.25, 0.3) is 11.8 Å². The van der Waals surface area contributed by atoms with Gasteiger partial charge in [-0.1, -0.05) is 52.4 Å². The average molecular weight is 569 g/mol. The summed E-state index contributed by atoms with van der Waals surface area (Å²) >= 11 is 0. The molecule has 0 radical (unpaired) electrons. The van der Waals surface area contributed by atoms with E-state index in [0.717, 1.165) is 25.7 Å². The van der Waals surface area contributed by atoms with Gasteiger partial charge in [-0.25, -0.2) is 0 Å². The summed E-state index contributed by atoms with van der Waals surface area (Å²) in [5, 5.41) is 0. The van der Waals surface area contributed by atoms with Gasteiger partial charge < -0.3 is 9.47 Å². The number of rotatable bonds is 18. The Kier molecular flexibility index (Phi) is 16.1. The fourth-order valence-corrected chi connectivity index (χ4v) is 3.77. The van der Waals surface area contributed by atoms with E-state index in [2.05, 4.69) is 35.6 Å². The van der Waals surface area contributed by atoms with Crippen LogP contribution in [0, 0.1) is 0 Å². The van der Waals surface area contributed by atoms with Crippen molar-refractivity contribution in [2.75, 3.05) is 13.2 Å². The summed E-state index contributed by atoms with van der Waals surface area (Å²) < 4.78 is 11.3. The molecule has 2 aromatic carbocycles. The predicted molar refractivity (Wildman–Crippen MR) is 157 cm³/mol. The van der Waals surface area contributed by atoms with Crippen molar-refractivity contribution < 1.29 is 28.7 Å². The first-order valence-electron chi connectivity index (χ1n) is 14.6. The molecule has 2 aromatic rings. The van der Waals surface area contributed by atoms with Crippen LogP contribution in [0.4, 0.5) is 0 Å². The molecule has 0 atom stereocenters. The average Bonchev–Trinajstić information content (AvgIpc) is 2.99. The lowest BCUT2D eigenvalue weighted by atomic mass is 10.2. The molecule has 0 aliphatic rings. The first kappa shape index (κ1) is 33.1. The van der Waals surface area contributed by atoms with Gasteiger partial charge in [0.1, 0.15) is 11.5 Å². The second-order valence-corrected chi connectivity index (χ2v) is 9.73. The molecule has 2 rings (SSSR count). The third-order valence-electron chi connectivity index (χ3n) is 6.20. The Labute approximate surface area is 242 Å². The van der Waals surface area contributed by atoms with Gasteiger partial charge in [0.15, 0.2) is 0 Å². The van der Waals surface area contributed by atoms with Crippen LogP contribution in [0.1, 0.15) is 105 Å². The van der Waals surface area contributed by atoms with E-state index in [9.17, 15) is 19.2 Å². The molecule has 10 heteroatoms. The summed E-state index contributed by atoms with van der Waals surface area (Å²) in [6.07, 6.45) is 9.21. The summed E-state index contributed by atoms with van der Waals surface area (Å²) in [4.78, 5) is 48.6. The Bertz CT molecular complexity index is 988. The minimum atomic E-state index is -0.458. The van der Waals surface area contributed by atoms with Crippen molar-refractivity contribution in [3.63, 3.8) is 0 Å². The molecule has 0 aliphatic carbocycles. The summed E-state index contributed by atoms with van der Waals surface area (Å²) in [6, 6.07) is 13.4. The maximum atomic E-state index is 12.3. The molecule has 0 saturated carbocycles. The van der Waals surface area contributed by atoms with E-state index in [1.54, 1.807) is 48.5 Å². The van der Waals surface area contributed by atoms with Crippen molar-refractivity contribution in [3.05, 3.63) is 59.7 Å². The number of hydrazine groups is 2. The molecule has 0 aromatic heterocycles. The lowest BCUT2D eigenvalue weighted by molar-refractivity contribution is -0.123. The van der Waals surface area contributed by atoms with Gasteiger partial charge in [-0.15, -0.1) is 0 Å². The van der Waals surface area contributed by atoms with Crippen LogP contribution in [0.2, 0.25) is 0 Å². The van der Waals surface area contributed by atoms with Crippen molar-refractivity contribution >= 4 is 23.6 Å². The highest BCUT2D eigenvalue weighted by molar-refractivity contribution is 5.96. The fourth-order valence-electron chi connectivity index (χ4n) is 3.77. The van der Waals surface area contributed by atoms with Gasteiger partial charge in [-0.3, -0.25) is 40.9 Å². The number of hydrogen-bond donors (Lipinski definition) is 4. The number of ether oxygens (including phenoxy) is 2. The van der Waals surface area contributed by atoms with Gasteiger partial charge in [0, 0.05) is 24.0 Å². The zero-order valence-corrected chi connectivity index (χ0v) is 24.3. The molecular formula is C31H44N4O6. The van der Waals surface area contributed by atoms with Crippen LogP contribution in [0.5, 0.6) is 11.5 Å². The molecule has 0 heterocycles. The molecule has 0 aliphatic heterocycles. The highest BCUT2D eigenvalue weighted by Crippen LogP contribution is 2.14. The Morgan fingerprint density at radius 3 is 1.27 bits per heavy atom. The third kappa shape index (κ3) is 14.2. The summed E-state index contributed by atoms with van der Waals surface area (Å²) in [7, 11) is 0. The lowest BCUT2D eigenvalue weighted by Crippen LogP contribution is -2.42. The second-order valence-electron chi connectivity index (χ2n) is 9.73. The largest absolute Gasteiger partial charge is 0.494 e. The van der Waals surface area contributed by atoms with Crippen molar-refractivity contribution in [2.24, 2.45) is 0 Å². The van der Waals surface area contributed by atoms with E-state index in [1.807, 2.05) is 0 Å². The van der Waals surface area contributed by atoms with Crippen LogP contribution in [-0.2, 0) is 9.59 Å². The molecule has 4 N–H and O–H groups in total. The molecule has 0 unspecified atom stereocenters. The van der Waals surface area contributed by atoms with E-state index in [-0.39, 0.29) is 19.3 Å². The third-order valence-corrected chi connectivity index (χ3v) is 6.20. The summed E-state index contributed by atoms with van der Waals surface area (Å²) in [6.45, 7) is 5.58. The van der Waals surface area contributed by atoms with Crippen molar-refractivity contribution in [3.8, 4) is 11.5 Å². The van der Waals surface area contributed by atoms with Gasteiger partial charge in [-0.05, 0) is 67.8 Å². The molecule has 0 fully saturated rings. The van der Waals surface area contributed by atoms with E-state index < -0.39 is 23.6 Å². The van der Waals surface area contributed by atoms with E-state index in [4.69, 9.17) is 9.47 Å². The first-order valence-corrected chi connectivity index (χ1v) is 14.6. The quantitative estimate of drug-likeness (QED) is 0.148. The Balaban J connectivity index is 1.58. The number of hydrogen-bond acceptors (Lipinski definition) is 6. The summed E-state index contributed by atoms with van der Waals surface area (Å²) in [5.41, 5.74) is 10.2. The van der Waals surface area contributed by atoms with Gasteiger partial charge in [0.05, 0.1) is 13.2 Å². The summed E-state index contributed by atoms with van der Waals surface area (Å²) in [5.74, 6) is -0.412. The smallest absolute Gasteiger partial charge is 0.269 e. The maximum Gasteiger partial charge on any atom is 0.269 e. The Morgan fingerprint density at radius 1 is 0.512 bits per heavy atom. The molecule has 41 heavy (non-hydrogen) atoms. The van der Waals surface area contributed by atoms with Crippen molar-refractivity contribution in [1.82, 2.24) is 21.7 Å². The van der Waals surface area contributed by atoms with Crippen LogP contribution >= 0.6 is 0 Å². The van der Waals surface area contributed by atoms with E-state index in [0.29, 0.717) is 35.8 Å². The monoisotopic (exact) mass is 568 g/mol. The topological polar surface area (TPSA) is 135 Å². The first-order chi connectivity index (χ1) is 19.9. The van der Waals surface area contributed by atoms with Crippen LogP contribution in [0.15, 0.2) is 48.5 Å². The van der Waals surface area contributed by atoms with Gasteiger partial charge in [0.2, 0.25) is 11.8 Å². The van der Waals surface area contributed by atoms with E-state index in [1.165, 1.54) is 25.7 Å². The van der Waals surface area contributed by atoms with E-state index >= 15 is 0 Å². The molecule has 0 saturated heterocycles. The number of unbranched alkanes of at least 4 members (excludes halogenated alkanes) is 6. The minimum Gasteiger partial charge on any atom is -0.494 e.